The van der Waals surface area contributed by atoms with Crippen LogP contribution < -0.4 is 0 Å². The van der Waals surface area contributed by atoms with Crippen molar-refractivity contribution in [3.8, 4) is 0 Å². The first-order chi connectivity index (χ1) is 10.1. The molecule has 0 heterocycles. The van der Waals surface area contributed by atoms with Crippen LogP contribution in [0.4, 0.5) is 0 Å². The molecule has 0 amide bonds. The lowest BCUT2D eigenvalue weighted by Gasteiger charge is -2.12. The quantitative estimate of drug-likeness (QED) is 0.850. The summed E-state index contributed by atoms with van der Waals surface area (Å²) in [4.78, 5) is 0. The maximum atomic E-state index is 10.3. The number of benzene rings is 2. The second-order valence-corrected chi connectivity index (χ2v) is 5.77. The molecule has 0 aliphatic rings. The van der Waals surface area contributed by atoms with Gasteiger partial charge in [0.1, 0.15) is 0 Å². The first-order valence-corrected chi connectivity index (χ1v) is 7.55. The molecule has 0 aromatic heterocycles. The van der Waals surface area contributed by atoms with Gasteiger partial charge < -0.3 is 9.84 Å². The molecule has 21 heavy (non-hydrogen) atoms. The maximum absolute atomic E-state index is 10.3. The molecule has 0 saturated carbocycles. The van der Waals surface area contributed by atoms with Gasteiger partial charge in [0.05, 0.1) is 22.8 Å². The summed E-state index contributed by atoms with van der Waals surface area (Å²) >= 11 is 11.9. The van der Waals surface area contributed by atoms with Gasteiger partial charge in [0.2, 0.25) is 0 Å². The summed E-state index contributed by atoms with van der Waals surface area (Å²) in [5.74, 6) is 0. The van der Waals surface area contributed by atoms with E-state index in [-0.39, 0.29) is 0 Å². The van der Waals surface area contributed by atoms with Crippen LogP contribution in [0, 0.1) is 0 Å². The fourth-order valence-electron chi connectivity index (χ4n) is 2.13. The SMILES string of the molecule is COCCc1ccc(C(O)Cc2ccc(Cl)c(Cl)c2)cc1. The highest BCUT2D eigenvalue weighted by molar-refractivity contribution is 6.42. The molecular weight excluding hydrogens is 307 g/mol. The van der Waals surface area contributed by atoms with Gasteiger partial charge in [-0.1, -0.05) is 53.5 Å². The average molecular weight is 325 g/mol. The second kappa shape index (κ2) is 7.81. The normalized spacial score (nSPS) is 12.4. The molecule has 2 rings (SSSR count). The van der Waals surface area contributed by atoms with Crippen molar-refractivity contribution in [2.45, 2.75) is 18.9 Å². The molecule has 4 heteroatoms. The van der Waals surface area contributed by atoms with Gasteiger partial charge in [-0.25, -0.2) is 0 Å². The molecule has 0 saturated heterocycles. The molecule has 1 atom stereocenters. The fraction of sp³-hybridized carbons (Fsp3) is 0.294. The number of hydrogen-bond acceptors (Lipinski definition) is 2. The van der Waals surface area contributed by atoms with Gasteiger partial charge in [0, 0.05) is 13.5 Å². The molecule has 112 valence electrons. The van der Waals surface area contributed by atoms with Gasteiger partial charge >= 0.3 is 0 Å². The van der Waals surface area contributed by atoms with E-state index in [0.29, 0.717) is 23.1 Å². The summed E-state index contributed by atoms with van der Waals surface area (Å²) in [7, 11) is 1.69. The maximum Gasteiger partial charge on any atom is 0.0830 e. The van der Waals surface area contributed by atoms with Crippen molar-refractivity contribution in [1.82, 2.24) is 0 Å². The summed E-state index contributed by atoms with van der Waals surface area (Å²) in [6, 6.07) is 13.4. The topological polar surface area (TPSA) is 29.5 Å². The predicted octanol–water partition coefficient (Wildman–Crippen LogP) is 4.46. The van der Waals surface area contributed by atoms with Crippen LogP contribution in [0.3, 0.4) is 0 Å². The van der Waals surface area contributed by atoms with Crippen LogP contribution in [0.15, 0.2) is 42.5 Å². The number of hydrogen-bond donors (Lipinski definition) is 1. The molecule has 2 aromatic rings. The second-order valence-electron chi connectivity index (χ2n) is 4.95. The van der Waals surface area contributed by atoms with E-state index >= 15 is 0 Å². The third-order valence-electron chi connectivity index (χ3n) is 3.37. The van der Waals surface area contributed by atoms with Crippen LogP contribution in [-0.4, -0.2) is 18.8 Å². The zero-order chi connectivity index (χ0) is 15.2. The van der Waals surface area contributed by atoms with E-state index in [1.165, 1.54) is 5.56 Å². The van der Waals surface area contributed by atoms with Gasteiger partial charge in [-0.05, 0) is 35.2 Å². The number of rotatable bonds is 6. The van der Waals surface area contributed by atoms with E-state index < -0.39 is 6.10 Å². The molecule has 2 aromatic carbocycles. The zero-order valence-corrected chi connectivity index (χ0v) is 13.4. The number of aliphatic hydroxyl groups is 1. The van der Waals surface area contributed by atoms with E-state index in [4.69, 9.17) is 27.9 Å². The fourth-order valence-corrected chi connectivity index (χ4v) is 2.45. The van der Waals surface area contributed by atoms with Crippen LogP contribution >= 0.6 is 23.2 Å². The molecule has 0 aliphatic heterocycles. The summed E-state index contributed by atoms with van der Waals surface area (Å²) < 4.78 is 5.05. The largest absolute Gasteiger partial charge is 0.388 e. The Balaban J connectivity index is 2.02. The molecule has 0 bridgehead atoms. The van der Waals surface area contributed by atoms with Crippen LogP contribution in [0.25, 0.3) is 0 Å². The molecule has 1 unspecified atom stereocenters. The van der Waals surface area contributed by atoms with Gasteiger partial charge in [0.25, 0.3) is 0 Å². The minimum atomic E-state index is -0.557. The Morgan fingerprint density at radius 1 is 1.00 bits per heavy atom. The average Bonchev–Trinajstić information content (AvgIpc) is 2.49. The minimum Gasteiger partial charge on any atom is -0.388 e. The lowest BCUT2D eigenvalue weighted by molar-refractivity contribution is 0.178. The molecule has 0 fully saturated rings. The summed E-state index contributed by atoms with van der Waals surface area (Å²) in [6.07, 6.45) is 0.826. The van der Waals surface area contributed by atoms with E-state index in [2.05, 4.69) is 0 Å². The lowest BCUT2D eigenvalue weighted by atomic mass is 10.00. The van der Waals surface area contributed by atoms with Crippen molar-refractivity contribution in [1.29, 1.82) is 0 Å². The molecule has 0 spiro atoms. The highest BCUT2D eigenvalue weighted by atomic mass is 35.5. The smallest absolute Gasteiger partial charge is 0.0830 e. The molecule has 2 nitrogen and oxygen atoms in total. The van der Waals surface area contributed by atoms with Crippen molar-refractivity contribution >= 4 is 23.2 Å². The summed E-state index contributed by atoms with van der Waals surface area (Å²) in [5.41, 5.74) is 3.05. The Morgan fingerprint density at radius 2 is 1.67 bits per heavy atom. The van der Waals surface area contributed by atoms with E-state index in [1.54, 1.807) is 19.2 Å². The highest BCUT2D eigenvalue weighted by Gasteiger charge is 2.10. The van der Waals surface area contributed by atoms with E-state index in [9.17, 15) is 5.11 Å². The van der Waals surface area contributed by atoms with Crippen LogP contribution in [0.5, 0.6) is 0 Å². The zero-order valence-electron chi connectivity index (χ0n) is 11.9. The summed E-state index contributed by atoms with van der Waals surface area (Å²) in [6.45, 7) is 0.700. The Morgan fingerprint density at radius 3 is 2.29 bits per heavy atom. The third-order valence-corrected chi connectivity index (χ3v) is 4.11. The van der Waals surface area contributed by atoms with Crippen LogP contribution in [0.1, 0.15) is 22.8 Å². The van der Waals surface area contributed by atoms with E-state index in [0.717, 1.165) is 17.5 Å². The van der Waals surface area contributed by atoms with Crippen molar-refractivity contribution in [2.24, 2.45) is 0 Å². The third kappa shape index (κ3) is 4.72. The van der Waals surface area contributed by atoms with Gasteiger partial charge in [0.15, 0.2) is 0 Å². The number of methoxy groups -OCH3 is 1. The lowest BCUT2D eigenvalue weighted by Crippen LogP contribution is -2.02. The number of ether oxygens (including phenoxy) is 1. The van der Waals surface area contributed by atoms with Gasteiger partial charge in [-0.15, -0.1) is 0 Å². The first-order valence-electron chi connectivity index (χ1n) is 6.80. The van der Waals surface area contributed by atoms with Crippen molar-refractivity contribution in [3.63, 3.8) is 0 Å². The molecule has 1 N–H and O–H groups in total. The van der Waals surface area contributed by atoms with Crippen molar-refractivity contribution in [2.75, 3.05) is 13.7 Å². The van der Waals surface area contributed by atoms with Crippen molar-refractivity contribution in [3.05, 3.63) is 69.2 Å². The Labute approximate surface area is 135 Å². The Bertz CT molecular complexity index is 582. The molecule has 0 aliphatic carbocycles. The first kappa shape index (κ1) is 16.3. The molecule has 0 radical (unpaired) electrons. The molecular formula is C17H18Cl2O2. The Kier molecular flexibility index (Phi) is 6.07. The highest BCUT2D eigenvalue weighted by Crippen LogP contribution is 2.25. The van der Waals surface area contributed by atoms with Gasteiger partial charge in [-0.3, -0.25) is 0 Å². The summed E-state index contributed by atoms with van der Waals surface area (Å²) in [5, 5.41) is 11.3. The number of halogens is 2. The minimum absolute atomic E-state index is 0.508. The Hall–Kier alpha value is -1.06. The predicted molar refractivity (Wildman–Crippen MR) is 87.1 cm³/mol. The standard InChI is InChI=1S/C17H18Cl2O2/c1-21-9-8-12-2-5-14(6-3-12)17(20)11-13-4-7-15(18)16(19)10-13/h2-7,10,17,20H,8-9,11H2,1H3. The van der Waals surface area contributed by atoms with Crippen LogP contribution in [0.2, 0.25) is 10.0 Å². The van der Waals surface area contributed by atoms with Crippen LogP contribution in [-0.2, 0) is 17.6 Å². The number of aliphatic hydroxyl groups excluding tert-OH is 1. The monoisotopic (exact) mass is 324 g/mol. The van der Waals surface area contributed by atoms with Gasteiger partial charge in [-0.2, -0.15) is 0 Å². The van der Waals surface area contributed by atoms with Crippen molar-refractivity contribution < 1.29 is 9.84 Å². The van der Waals surface area contributed by atoms with E-state index in [1.807, 2.05) is 30.3 Å².